The Bertz CT molecular complexity index is 433. The van der Waals surface area contributed by atoms with E-state index in [0.717, 1.165) is 25.1 Å². The Morgan fingerprint density at radius 2 is 2.06 bits per heavy atom. The molecule has 1 saturated heterocycles. The molecule has 1 atom stereocenters. The van der Waals surface area contributed by atoms with Gasteiger partial charge in [0.2, 0.25) is 0 Å². The molecule has 1 fully saturated rings. The molecule has 0 spiro atoms. The molecule has 0 bridgehead atoms. The zero-order chi connectivity index (χ0) is 13.1. The van der Waals surface area contributed by atoms with Gasteiger partial charge in [0, 0.05) is 18.0 Å². The summed E-state index contributed by atoms with van der Waals surface area (Å²) >= 11 is 1.33. The normalized spacial score (nSPS) is 19.0. The summed E-state index contributed by atoms with van der Waals surface area (Å²) in [5.41, 5.74) is 0.898. The van der Waals surface area contributed by atoms with Crippen molar-refractivity contribution in [3.05, 3.63) is 17.4 Å². The maximum atomic E-state index is 14.1. The van der Waals surface area contributed by atoms with Crippen molar-refractivity contribution in [1.82, 2.24) is 5.32 Å². The molecule has 3 nitrogen and oxygen atoms in total. The van der Waals surface area contributed by atoms with Gasteiger partial charge in [-0.15, -0.1) is 11.8 Å². The van der Waals surface area contributed by atoms with Crippen LogP contribution in [0.25, 0.3) is 0 Å². The molecule has 1 aliphatic heterocycles. The number of halogens is 1. The van der Waals surface area contributed by atoms with Crippen LogP contribution in [0.5, 0.6) is 11.5 Å². The predicted octanol–water partition coefficient (Wildman–Crippen LogP) is 2.64. The summed E-state index contributed by atoms with van der Waals surface area (Å²) in [6.07, 6.45) is 2.83. The third-order valence-corrected chi connectivity index (χ3v) is 4.07. The van der Waals surface area contributed by atoms with E-state index < -0.39 is 0 Å². The number of methoxy groups -OCH3 is 2. The van der Waals surface area contributed by atoms with Gasteiger partial charge in [0.25, 0.3) is 0 Å². The highest BCUT2D eigenvalue weighted by molar-refractivity contribution is 7.98. The maximum absolute atomic E-state index is 14.1. The van der Waals surface area contributed by atoms with E-state index in [1.165, 1.54) is 11.8 Å². The van der Waals surface area contributed by atoms with Gasteiger partial charge < -0.3 is 14.8 Å². The summed E-state index contributed by atoms with van der Waals surface area (Å²) in [7, 11) is 3.15. The number of hydrogen-bond donors (Lipinski definition) is 1. The van der Waals surface area contributed by atoms with Crippen LogP contribution >= 0.6 is 11.8 Å². The van der Waals surface area contributed by atoms with Gasteiger partial charge in [-0.1, -0.05) is 0 Å². The van der Waals surface area contributed by atoms with Crippen molar-refractivity contribution >= 4 is 11.8 Å². The lowest BCUT2D eigenvalue weighted by atomic mass is 9.96. The molecular formula is C13H18FNO2S. The second-order valence-electron chi connectivity index (χ2n) is 4.24. The fraction of sp³-hybridized carbons (Fsp3) is 0.538. The fourth-order valence-corrected chi connectivity index (χ4v) is 3.04. The van der Waals surface area contributed by atoms with E-state index in [1.807, 2.05) is 6.26 Å². The highest BCUT2D eigenvalue weighted by atomic mass is 32.2. The summed E-state index contributed by atoms with van der Waals surface area (Å²) in [5, 5.41) is 3.28. The van der Waals surface area contributed by atoms with E-state index in [4.69, 9.17) is 9.47 Å². The summed E-state index contributed by atoms with van der Waals surface area (Å²) in [6.45, 7) is 1.82. The van der Waals surface area contributed by atoms with Gasteiger partial charge in [0.1, 0.15) is 5.82 Å². The zero-order valence-electron chi connectivity index (χ0n) is 10.9. The molecule has 2 rings (SSSR count). The van der Waals surface area contributed by atoms with Gasteiger partial charge in [-0.25, -0.2) is 4.39 Å². The van der Waals surface area contributed by atoms with Crippen LogP contribution in [0, 0.1) is 5.82 Å². The van der Waals surface area contributed by atoms with Crippen molar-refractivity contribution in [1.29, 1.82) is 0 Å². The lowest BCUT2D eigenvalue weighted by molar-refractivity contribution is 0.338. The van der Waals surface area contributed by atoms with E-state index >= 15 is 0 Å². The van der Waals surface area contributed by atoms with E-state index in [-0.39, 0.29) is 5.82 Å². The first-order valence-electron chi connectivity index (χ1n) is 5.92. The molecule has 0 aromatic heterocycles. The number of rotatable bonds is 4. The first-order chi connectivity index (χ1) is 8.72. The monoisotopic (exact) mass is 271 g/mol. The lowest BCUT2D eigenvalue weighted by Crippen LogP contribution is -2.10. The molecule has 100 valence electrons. The molecule has 1 N–H and O–H groups in total. The molecule has 1 unspecified atom stereocenters. The summed E-state index contributed by atoms with van der Waals surface area (Å²) < 4.78 is 24.9. The van der Waals surface area contributed by atoms with E-state index in [1.54, 1.807) is 20.3 Å². The van der Waals surface area contributed by atoms with Crippen LogP contribution in [0.1, 0.15) is 17.9 Å². The molecule has 0 radical (unpaired) electrons. The van der Waals surface area contributed by atoms with Gasteiger partial charge in [-0.05, 0) is 25.3 Å². The third kappa shape index (κ3) is 2.29. The highest BCUT2D eigenvalue weighted by Crippen LogP contribution is 2.44. The van der Waals surface area contributed by atoms with Crippen LogP contribution in [0.2, 0.25) is 0 Å². The topological polar surface area (TPSA) is 30.5 Å². The summed E-state index contributed by atoms with van der Waals surface area (Å²) in [4.78, 5) is 0.504. The number of nitrogens with one attached hydrogen (secondary N) is 1. The lowest BCUT2D eigenvalue weighted by Gasteiger charge is -2.19. The fourth-order valence-electron chi connectivity index (χ4n) is 2.42. The van der Waals surface area contributed by atoms with Crippen LogP contribution in [-0.4, -0.2) is 33.6 Å². The van der Waals surface area contributed by atoms with Crippen LogP contribution in [0.3, 0.4) is 0 Å². The molecule has 1 aliphatic rings. The van der Waals surface area contributed by atoms with Gasteiger partial charge in [0.05, 0.1) is 19.1 Å². The molecule has 0 saturated carbocycles. The van der Waals surface area contributed by atoms with Gasteiger partial charge in [0.15, 0.2) is 11.5 Å². The summed E-state index contributed by atoms with van der Waals surface area (Å²) in [6, 6.07) is 1.59. The van der Waals surface area contributed by atoms with E-state index in [9.17, 15) is 4.39 Å². The molecule has 1 heterocycles. The van der Waals surface area contributed by atoms with Crippen molar-refractivity contribution in [3.63, 3.8) is 0 Å². The number of ether oxygens (including phenoxy) is 2. The van der Waals surface area contributed by atoms with Gasteiger partial charge >= 0.3 is 0 Å². The average molecular weight is 271 g/mol. The first-order valence-corrected chi connectivity index (χ1v) is 7.14. The SMILES string of the molecule is COc1c(C2CCNC2)cc(F)c(SC)c1OC. The molecular weight excluding hydrogens is 253 g/mol. The van der Waals surface area contributed by atoms with Gasteiger partial charge in [-0.3, -0.25) is 0 Å². The smallest absolute Gasteiger partial charge is 0.177 e. The maximum Gasteiger partial charge on any atom is 0.177 e. The van der Waals surface area contributed by atoms with Gasteiger partial charge in [-0.2, -0.15) is 0 Å². The average Bonchev–Trinajstić information content (AvgIpc) is 2.90. The minimum Gasteiger partial charge on any atom is -0.493 e. The minimum atomic E-state index is -0.234. The Labute approximate surface area is 111 Å². The molecule has 18 heavy (non-hydrogen) atoms. The zero-order valence-corrected chi connectivity index (χ0v) is 11.7. The summed E-state index contributed by atoms with van der Waals surface area (Å²) in [5.74, 6) is 1.23. The molecule has 0 amide bonds. The van der Waals surface area contributed by atoms with Crippen molar-refractivity contribution in [2.24, 2.45) is 0 Å². The predicted molar refractivity (Wildman–Crippen MR) is 71.5 cm³/mol. The molecule has 0 aliphatic carbocycles. The van der Waals surface area contributed by atoms with Crippen LogP contribution < -0.4 is 14.8 Å². The second-order valence-corrected chi connectivity index (χ2v) is 5.05. The standard InChI is InChI=1S/C13H18FNO2S/c1-16-11-9(8-4-5-15-7-8)6-10(14)13(18-3)12(11)17-2/h6,8,15H,4-5,7H2,1-3H3. The number of hydrogen-bond acceptors (Lipinski definition) is 4. The van der Waals surface area contributed by atoms with Crippen LogP contribution in [0.4, 0.5) is 4.39 Å². The Hall–Kier alpha value is -0.940. The van der Waals surface area contributed by atoms with Crippen molar-refractivity contribution in [2.45, 2.75) is 17.2 Å². The van der Waals surface area contributed by atoms with Crippen molar-refractivity contribution in [3.8, 4) is 11.5 Å². The Morgan fingerprint density at radius 1 is 1.33 bits per heavy atom. The Morgan fingerprint density at radius 3 is 2.56 bits per heavy atom. The molecule has 5 heteroatoms. The molecule has 1 aromatic carbocycles. The Kier molecular flexibility index (Phi) is 4.35. The largest absolute Gasteiger partial charge is 0.493 e. The number of thioether (sulfide) groups is 1. The quantitative estimate of drug-likeness (QED) is 0.853. The Balaban J connectivity index is 2.55. The first kappa shape index (κ1) is 13.5. The van der Waals surface area contributed by atoms with E-state index in [0.29, 0.717) is 22.3 Å². The highest BCUT2D eigenvalue weighted by Gasteiger charge is 2.26. The third-order valence-electron chi connectivity index (χ3n) is 3.29. The second kappa shape index (κ2) is 5.80. The van der Waals surface area contributed by atoms with Crippen LogP contribution in [0.15, 0.2) is 11.0 Å². The minimum absolute atomic E-state index is 0.234. The molecule has 1 aromatic rings. The van der Waals surface area contributed by atoms with Crippen molar-refractivity contribution in [2.75, 3.05) is 33.6 Å². The number of benzene rings is 1. The van der Waals surface area contributed by atoms with Crippen molar-refractivity contribution < 1.29 is 13.9 Å². The van der Waals surface area contributed by atoms with Crippen LogP contribution in [-0.2, 0) is 0 Å². The van der Waals surface area contributed by atoms with E-state index in [2.05, 4.69) is 5.32 Å².